The van der Waals surface area contributed by atoms with E-state index in [0.717, 1.165) is 0 Å². The minimum Gasteiger partial charge on any atom is -0.356 e. The molecule has 6 nitrogen and oxygen atoms in total. The summed E-state index contributed by atoms with van der Waals surface area (Å²) in [5, 5.41) is 6.99. The lowest BCUT2D eigenvalue weighted by molar-refractivity contribution is 0.538. The van der Waals surface area contributed by atoms with Crippen LogP contribution in [0.5, 0.6) is 0 Å². The van der Waals surface area contributed by atoms with Gasteiger partial charge in [0.2, 0.25) is 11.9 Å². The summed E-state index contributed by atoms with van der Waals surface area (Å²) < 4.78 is 1.71. The summed E-state index contributed by atoms with van der Waals surface area (Å²) in [4.78, 5) is 4.07. The van der Waals surface area contributed by atoms with Crippen LogP contribution in [0, 0.1) is 0 Å². The van der Waals surface area contributed by atoms with Crippen molar-refractivity contribution in [2.45, 2.75) is 19.9 Å². The Morgan fingerprint density at radius 3 is 2.50 bits per heavy atom. The third kappa shape index (κ3) is 1.48. The summed E-state index contributed by atoms with van der Waals surface area (Å²) in [6.07, 6.45) is 0. The Morgan fingerprint density at radius 1 is 1.50 bits per heavy atom. The van der Waals surface area contributed by atoms with Crippen LogP contribution in [0.1, 0.15) is 19.9 Å². The SMILES string of the molecule is CNc1nc(NN)n(C(C)C)n1. The predicted octanol–water partition coefficient (Wildman–Crippen LogP) is 0.186. The van der Waals surface area contributed by atoms with Gasteiger partial charge in [0.15, 0.2) is 0 Å². The molecule has 0 amide bonds. The van der Waals surface area contributed by atoms with Crippen molar-refractivity contribution in [2.75, 3.05) is 17.8 Å². The van der Waals surface area contributed by atoms with E-state index >= 15 is 0 Å². The maximum atomic E-state index is 5.26. The van der Waals surface area contributed by atoms with Crippen LogP contribution in [0.15, 0.2) is 0 Å². The van der Waals surface area contributed by atoms with Gasteiger partial charge in [-0.15, -0.1) is 5.10 Å². The van der Waals surface area contributed by atoms with Crippen LogP contribution >= 0.6 is 0 Å². The molecule has 0 fully saturated rings. The highest BCUT2D eigenvalue weighted by Gasteiger charge is 2.09. The molecule has 0 aliphatic carbocycles. The molecule has 1 heterocycles. The van der Waals surface area contributed by atoms with Crippen molar-refractivity contribution in [1.29, 1.82) is 0 Å². The number of hydrogen-bond acceptors (Lipinski definition) is 5. The topological polar surface area (TPSA) is 80.8 Å². The molecule has 0 radical (unpaired) electrons. The van der Waals surface area contributed by atoms with Gasteiger partial charge in [-0.1, -0.05) is 0 Å². The maximum Gasteiger partial charge on any atom is 0.243 e. The second-order valence-corrected chi connectivity index (χ2v) is 2.69. The second-order valence-electron chi connectivity index (χ2n) is 2.69. The van der Waals surface area contributed by atoms with Crippen molar-refractivity contribution in [3.8, 4) is 0 Å². The molecule has 68 valence electrons. The highest BCUT2D eigenvalue weighted by Crippen LogP contribution is 2.12. The minimum atomic E-state index is 0.241. The molecule has 0 aliphatic rings. The third-order valence-electron chi connectivity index (χ3n) is 1.47. The number of rotatable bonds is 3. The number of nitrogens with zero attached hydrogens (tertiary/aromatic N) is 3. The lowest BCUT2D eigenvalue weighted by Crippen LogP contribution is -2.15. The number of aromatic nitrogens is 3. The summed E-state index contributed by atoms with van der Waals surface area (Å²) in [5.74, 6) is 6.39. The van der Waals surface area contributed by atoms with Gasteiger partial charge in [-0.05, 0) is 13.8 Å². The number of nitrogen functional groups attached to an aromatic ring is 1. The van der Waals surface area contributed by atoms with Crippen LogP contribution in [0.2, 0.25) is 0 Å². The molecule has 1 rings (SSSR count). The first-order chi connectivity index (χ1) is 5.69. The molecule has 0 spiro atoms. The molecule has 0 unspecified atom stereocenters. The number of hydrogen-bond donors (Lipinski definition) is 3. The summed E-state index contributed by atoms with van der Waals surface area (Å²) in [7, 11) is 1.76. The highest BCUT2D eigenvalue weighted by atomic mass is 15.5. The summed E-state index contributed by atoms with van der Waals surface area (Å²) in [6.45, 7) is 4.02. The molecule has 0 saturated heterocycles. The Kier molecular flexibility index (Phi) is 2.49. The van der Waals surface area contributed by atoms with Crippen molar-refractivity contribution in [2.24, 2.45) is 5.84 Å². The number of hydrazine groups is 1. The van der Waals surface area contributed by atoms with Gasteiger partial charge in [0.25, 0.3) is 0 Å². The Morgan fingerprint density at radius 2 is 2.17 bits per heavy atom. The molecule has 6 heteroatoms. The first kappa shape index (κ1) is 8.79. The van der Waals surface area contributed by atoms with Gasteiger partial charge in [0.1, 0.15) is 0 Å². The molecule has 0 saturated carbocycles. The molecular weight excluding hydrogens is 156 g/mol. The summed E-state index contributed by atoms with van der Waals surface area (Å²) in [6, 6.07) is 0.241. The Bertz CT molecular complexity index is 253. The molecular formula is C6H14N6. The molecule has 0 bridgehead atoms. The van der Waals surface area contributed by atoms with Crippen LogP contribution in [0.3, 0.4) is 0 Å². The Labute approximate surface area is 71.1 Å². The van der Waals surface area contributed by atoms with Gasteiger partial charge in [-0.25, -0.2) is 10.5 Å². The molecule has 1 aromatic rings. The molecule has 4 N–H and O–H groups in total. The molecule has 0 aliphatic heterocycles. The van der Waals surface area contributed by atoms with Crippen LogP contribution < -0.4 is 16.6 Å². The van der Waals surface area contributed by atoms with Gasteiger partial charge in [0, 0.05) is 7.05 Å². The Balaban J connectivity index is 3.00. The predicted molar refractivity (Wildman–Crippen MR) is 47.8 cm³/mol. The van der Waals surface area contributed by atoms with E-state index in [2.05, 4.69) is 20.8 Å². The first-order valence-electron chi connectivity index (χ1n) is 3.80. The minimum absolute atomic E-state index is 0.241. The van der Waals surface area contributed by atoms with Crippen LogP contribution in [-0.2, 0) is 0 Å². The molecule has 1 aromatic heterocycles. The van der Waals surface area contributed by atoms with E-state index in [0.29, 0.717) is 11.9 Å². The lowest BCUT2D eigenvalue weighted by atomic mass is 10.4. The zero-order chi connectivity index (χ0) is 9.14. The average Bonchev–Trinajstić information content (AvgIpc) is 2.47. The monoisotopic (exact) mass is 170 g/mol. The smallest absolute Gasteiger partial charge is 0.243 e. The van der Waals surface area contributed by atoms with E-state index < -0.39 is 0 Å². The van der Waals surface area contributed by atoms with Crippen molar-refractivity contribution in [3.63, 3.8) is 0 Å². The van der Waals surface area contributed by atoms with Crippen LogP contribution in [0.25, 0.3) is 0 Å². The van der Waals surface area contributed by atoms with E-state index in [-0.39, 0.29) is 6.04 Å². The number of nitrogens with one attached hydrogen (secondary N) is 2. The quantitative estimate of drug-likeness (QED) is 0.445. The van der Waals surface area contributed by atoms with Crippen molar-refractivity contribution in [1.82, 2.24) is 14.8 Å². The van der Waals surface area contributed by atoms with Gasteiger partial charge in [-0.3, -0.25) is 5.43 Å². The summed E-state index contributed by atoms with van der Waals surface area (Å²) in [5.41, 5.74) is 2.48. The lowest BCUT2D eigenvalue weighted by Gasteiger charge is -2.06. The fraction of sp³-hybridized carbons (Fsp3) is 0.667. The van der Waals surface area contributed by atoms with E-state index in [1.807, 2.05) is 13.8 Å². The van der Waals surface area contributed by atoms with Crippen molar-refractivity contribution < 1.29 is 0 Å². The standard InChI is InChI=1S/C6H14N6/c1-4(2)12-6(10-7)9-5(8-3)11-12/h4H,7H2,1-3H3,(H2,8,9,10,11). The van der Waals surface area contributed by atoms with E-state index in [1.165, 1.54) is 0 Å². The zero-order valence-electron chi connectivity index (χ0n) is 7.50. The molecule has 12 heavy (non-hydrogen) atoms. The fourth-order valence-electron chi connectivity index (χ4n) is 0.888. The largest absolute Gasteiger partial charge is 0.356 e. The molecule has 0 atom stereocenters. The zero-order valence-corrected chi connectivity index (χ0v) is 7.50. The van der Waals surface area contributed by atoms with Crippen molar-refractivity contribution in [3.05, 3.63) is 0 Å². The van der Waals surface area contributed by atoms with E-state index in [4.69, 9.17) is 5.84 Å². The fourth-order valence-corrected chi connectivity index (χ4v) is 0.888. The summed E-state index contributed by atoms with van der Waals surface area (Å²) >= 11 is 0. The normalized spacial score (nSPS) is 10.4. The van der Waals surface area contributed by atoms with Crippen LogP contribution in [0.4, 0.5) is 11.9 Å². The maximum absolute atomic E-state index is 5.26. The van der Waals surface area contributed by atoms with Crippen LogP contribution in [-0.4, -0.2) is 21.8 Å². The first-order valence-corrected chi connectivity index (χ1v) is 3.80. The highest BCUT2D eigenvalue weighted by molar-refractivity contribution is 5.33. The van der Waals surface area contributed by atoms with Gasteiger partial charge < -0.3 is 5.32 Å². The van der Waals surface area contributed by atoms with Crippen molar-refractivity contribution >= 4 is 11.9 Å². The Hall–Kier alpha value is -1.30. The van der Waals surface area contributed by atoms with Gasteiger partial charge >= 0.3 is 0 Å². The number of anilines is 2. The average molecular weight is 170 g/mol. The second kappa shape index (κ2) is 3.40. The molecule has 0 aromatic carbocycles. The van der Waals surface area contributed by atoms with Gasteiger partial charge in [-0.2, -0.15) is 4.98 Å². The van der Waals surface area contributed by atoms with E-state index in [1.54, 1.807) is 11.7 Å². The third-order valence-corrected chi connectivity index (χ3v) is 1.47. The number of nitrogens with two attached hydrogens (primary N) is 1. The van der Waals surface area contributed by atoms with E-state index in [9.17, 15) is 0 Å². The van der Waals surface area contributed by atoms with Gasteiger partial charge in [0.05, 0.1) is 6.04 Å².